The summed E-state index contributed by atoms with van der Waals surface area (Å²) < 4.78 is 29.2. The van der Waals surface area contributed by atoms with Crippen LogP contribution in [0.3, 0.4) is 0 Å². The molecule has 6 nitrogen and oxygen atoms in total. The number of sulfonamides is 1. The van der Waals surface area contributed by atoms with Gasteiger partial charge in [0.05, 0.1) is 0 Å². The molecule has 1 aromatic heterocycles. The average Bonchev–Trinajstić information content (AvgIpc) is 2.75. The Morgan fingerprint density at radius 3 is 2.79 bits per heavy atom. The van der Waals surface area contributed by atoms with Crippen molar-refractivity contribution in [2.45, 2.75) is 37.9 Å². The summed E-state index contributed by atoms with van der Waals surface area (Å²) >= 11 is 0. The van der Waals surface area contributed by atoms with E-state index in [2.05, 4.69) is 21.9 Å². The molecule has 106 valence electrons. The predicted octanol–water partition coefficient (Wildman–Crippen LogP) is 0.0976. The lowest BCUT2D eigenvalue weighted by molar-refractivity contribution is 0.562. The van der Waals surface area contributed by atoms with E-state index >= 15 is 0 Å². The Balaban J connectivity index is 1.75. The van der Waals surface area contributed by atoms with Gasteiger partial charge in [-0.05, 0) is 38.3 Å². The Hall–Kier alpha value is -0.920. The van der Waals surface area contributed by atoms with Crippen LogP contribution >= 0.6 is 0 Å². The number of piperidine rings is 1. The van der Waals surface area contributed by atoms with Gasteiger partial charge in [-0.2, -0.15) is 0 Å². The number of imidazole rings is 1. The number of hydrogen-bond donors (Lipinski definition) is 2. The van der Waals surface area contributed by atoms with Crippen LogP contribution < -0.4 is 10.0 Å². The predicted molar refractivity (Wildman–Crippen MR) is 71.2 cm³/mol. The number of hydrogen-bond acceptors (Lipinski definition) is 4. The summed E-state index contributed by atoms with van der Waals surface area (Å²) in [6, 6.07) is 0.0999. The van der Waals surface area contributed by atoms with E-state index in [1.54, 1.807) is 6.20 Å². The van der Waals surface area contributed by atoms with Gasteiger partial charge in [-0.25, -0.2) is 18.1 Å². The van der Waals surface area contributed by atoms with Crippen LogP contribution in [0.5, 0.6) is 0 Å². The molecule has 1 aromatic rings. The van der Waals surface area contributed by atoms with Crippen LogP contribution in [0.2, 0.25) is 0 Å². The van der Waals surface area contributed by atoms with Gasteiger partial charge in [-0.3, -0.25) is 0 Å². The Labute approximate surface area is 113 Å². The first-order valence-electron chi connectivity index (χ1n) is 6.79. The smallest absolute Gasteiger partial charge is 0.259 e. The number of nitrogens with zero attached hydrogens (tertiary/aromatic N) is 2. The highest BCUT2D eigenvalue weighted by Crippen LogP contribution is 2.42. The van der Waals surface area contributed by atoms with Crippen molar-refractivity contribution in [1.29, 1.82) is 0 Å². The monoisotopic (exact) mass is 284 g/mol. The summed E-state index contributed by atoms with van der Waals surface area (Å²) in [6.07, 6.45) is 2.60. The summed E-state index contributed by atoms with van der Waals surface area (Å²) in [6.45, 7) is 6.53. The van der Waals surface area contributed by atoms with Crippen molar-refractivity contribution < 1.29 is 8.42 Å². The van der Waals surface area contributed by atoms with Gasteiger partial charge in [0.15, 0.2) is 5.03 Å². The first-order valence-corrected chi connectivity index (χ1v) is 8.28. The molecule has 2 heterocycles. The molecule has 1 aliphatic heterocycles. The van der Waals surface area contributed by atoms with Gasteiger partial charge in [-0.1, -0.05) is 6.92 Å². The molecule has 19 heavy (non-hydrogen) atoms. The highest BCUT2D eigenvalue weighted by Gasteiger charge is 2.54. The molecule has 0 radical (unpaired) electrons. The summed E-state index contributed by atoms with van der Waals surface area (Å²) in [5.74, 6) is 1.68. The van der Waals surface area contributed by atoms with E-state index in [4.69, 9.17) is 0 Å². The first kappa shape index (κ1) is 13.1. The summed E-state index contributed by atoms with van der Waals surface area (Å²) in [4.78, 5) is 4.17. The lowest BCUT2D eigenvalue weighted by Gasteiger charge is -2.06. The highest BCUT2D eigenvalue weighted by molar-refractivity contribution is 7.89. The summed E-state index contributed by atoms with van der Waals surface area (Å²) in [5, 5.41) is 3.40. The molecule has 7 heteroatoms. The molecule has 1 saturated carbocycles. The third kappa shape index (κ3) is 2.30. The number of nitrogens with one attached hydrogen (secondary N) is 2. The van der Waals surface area contributed by atoms with Crippen molar-refractivity contribution in [3.63, 3.8) is 0 Å². The van der Waals surface area contributed by atoms with Gasteiger partial charge in [0.25, 0.3) is 10.0 Å². The van der Waals surface area contributed by atoms with Gasteiger partial charge < -0.3 is 9.88 Å². The second-order valence-electron chi connectivity index (χ2n) is 5.45. The zero-order valence-electron chi connectivity index (χ0n) is 11.3. The van der Waals surface area contributed by atoms with Gasteiger partial charge >= 0.3 is 0 Å². The first-order chi connectivity index (χ1) is 9.03. The molecule has 1 aliphatic carbocycles. The maximum atomic E-state index is 12.3. The number of aromatic nitrogens is 2. The standard InChI is InChI=1S/C12H20N4O2S/c1-3-4-16-7-11(14-8(16)2)19(17,18)15-12-9-5-13-6-10(9)12/h7,9-10,12-13,15H,3-6H2,1-2H3. The second-order valence-corrected chi connectivity index (χ2v) is 7.11. The van der Waals surface area contributed by atoms with E-state index in [1.807, 2.05) is 11.5 Å². The van der Waals surface area contributed by atoms with Gasteiger partial charge in [0, 0.05) is 18.8 Å². The summed E-state index contributed by atoms with van der Waals surface area (Å²) in [7, 11) is -3.47. The third-order valence-corrected chi connectivity index (χ3v) is 5.41. The van der Waals surface area contributed by atoms with E-state index in [9.17, 15) is 8.42 Å². The van der Waals surface area contributed by atoms with Crippen LogP contribution in [0.25, 0.3) is 0 Å². The van der Waals surface area contributed by atoms with Crippen LogP contribution in [-0.4, -0.2) is 37.1 Å². The van der Waals surface area contributed by atoms with Gasteiger partial charge in [-0.15, -0.1) is 0 Å². The average molecular weight is 284 g/mol. The molecule has 2 atom stereocenters. The minimum Gasteiger partial charge on any atom is -0.334 e. The zero-order valence-corrected chi connectivity index (χ0v) is 12.1. The molecule has 0 bridgehead atoms. The maximum absolute atomic E-state index is 12.3. The maximum Gasteiger partial charge on any atom is 0.259 e. The summed E-state index contributed by atoms with van der Waals surface area (Å²) in [5.41, 5.74) is 0. The van der Waals surface area contributed by atoms with Crippen molar-refractivity contribution >= 4 is 10.0 Å². The van der Waals surface area contributed by atoms with E-state index < -0.39 is 10.0 Å². The SMILES string of the molecule is CCCn1cc(S(=O)(=O)NC2C3CNCC32)nc1C. The van der Waals surface area contributed by atoms with Crippen molar-refractivity contribution in [3.05, 3.63) is 12.0 Å². The molecule has 2 fully saturated rings. The molecular weight excluding hydrogens is 264 g/mol. The molecule has 3 rings (SSSR count). The molecule has 0 spiro atoms. The highest BCUT2D eigenvalue weighted by atomic mass is 32.2. The van der Waals surface area contributed by atoms with Crippen LogP contribution in [0.15, 0.2) is 11.2 Å². The fourth-order valence-electron chi connectivity index (χ4n) is 2.91. The van der Waals surface area contributed by atoms with Crippen molar-refractivity contribution in [2.75, 3.05) is 13.1 Å². The third-order valence-electron chi connectivity index (χ3n) is 4.08. The van der Waals surface area contributed by atoms with Crippen LogP contribution in [0, 0.1) is 18.8 Å². The van der Waals surface area contributed by atoms with E-state index in [1.165, 1.54) is 0 Å². The van der Waals surface area contributed by atoms with E-state index in [0.717, 1.165) is 31.9 Å². The number of aryl methyl sites for hydroxylation is 2. The molecule has 2 unspecified atom stereocenters. The largest absolute Gasteiger partial charge is 0.334 e. The van der Waals surface area contributed by atoms with Gasteiger partial charge in [0.1, 0.15) is 5.82 Å². The van der Waals surface area contributed by atoms with E-state index in [-0.39, 0.29) is 11.1 Å². The van der Waals surface area contributed by atoms with Gasteiger partial charge in [0.2, 0.25) is 0 Å². The minimum atomic E-state index is -3.47. The quantitative estimate of drug-likeness (QED) is 0.804. The van der Waals surface area contributed by atoms with Crippen molar-refractivity contribution in [1.82, 2.24) is 19.6 Å². The number of rotatable bonds is 5. The Morgan fingerprint density at radius 2 is 2.16 bits per heavy atom. The van der Waals surface area contributed by atoms with Crippen molar-refractivity contribution in [3.8, 4) is 0 Å². The van der Waals surface area contributed by atoms with Crippen LogP contribution in [0.4, 0.5) is 0 Å². The fourth-order valence-corrected chi connectivity index (χ4v) is 4.26. The number of fused-ring (bicyclic) bond motifs is 1. The Bertz CT molecular complexity index is 571. The van der Waals surface area contributed by atoms with E-state index in [0.29, 0.717) is 11.8 Å². The topological polar surface area (TPSA) is 76.0 Å². The molecule has 0 amide bonds. The zero-order chi connectivity index (χ0) is 13.6. The molecule has 1 saturated heterocycles. The molecule has 0 aromatic carbocycles. The van der Waals surface area contributed by atoms with Crippen molar-refractivity contribution in [2.24, 2.45) is 11.8 Å². The Kier molecular flexibility index (Phi) is 3.15. The molecular formula is C12H20N4O2S. The minimum absolute atomic E-state index is 0.0999. The normalized spacial score (nSPS) is 29.5. The Morgan fingerprint density at radius 1 is 1.47 bits per heavy atom. The lowest BCUT2D eigenvalue weighted by atomic mass is 10.4. The molecule has 2 N–H and O–H groups in total. The van der Waals surface area contributed by atoms with Crippen LogP contribution in [-0.2, 0) is 16.6 Å². The fraction of sp³-hybridized carbons (Fsp3) is 0.750. The lowest BCUT2D eigenvalue weighted by Crippen LogP contribution is -2.32. The second kappa shape index (κ2) is 4.57. The molecule has 2 aliphatic rings. The van der Waals surface area contributed by atoms with Crippen LogP contribution in [0.1, 0.15) is 19.2 Å².